The van der Waals surface area contributed by atoms with Crippen LogP contribution in [0.1, 0.15) is 88.2 Å². The van der Waals surface area contributed by atoms with Crippen LogP contribution in [-0.4, -0.2) is 11.8 Å². The lowest BCUT2D eigenvalue weighted by Crippen LogP contribution is -2.24. The van der Waals surface area contributed by atoms with Crippen LogP contribution in [-0.2, 0) is 22.7 Å². The average Bonchev–Trinajstić information content (AvgIpc) is 3.42. The van der Waals surface area contributed by atoms with Crippen molar-refractivity contribution in [2.24, 2.45) is 11.8 Å². The van der Waals surface area contributed by atoms with Gasteiger partial charge in [0.05, 0.1) is 0 Å². The molecule has 0 aromatic heterocycles. The van der Waals surface area contributed by atoms with Crippen molar-refractivity contribution in [2.45, 2.75) is 90.1 Å². The highest BCUT2D eigenvalue weighted by Gasteiger charge is 2.17. The van der Waals surface area contributed by atoms with Crippen molar-refractivity contribution in [2.75, 3.05) is 0 Å². The predicted molar refractivity (Wildman–Crippen MR) is 113 cm³/mol. The molecule has 0 atom stereocenters. The SMILES string of the molecule is O=C(CCC1CCCC1)NCc1cccc(CNC(=O)CCC2CCCC2)c1. The van der Waals surface area contributed by atoms with Crippen LogP contribution in [0.4, 0.5) is 0 Å². The highest BCUT2D eigenvalue weighted by molar-refractivity contribution is 5.76. The van der Waals surface area contributed by atoms with E-state index in [2.05, 4.69) is 16.7 Å². The smallest absolute Gasteiger partial charge is 0.220 e. The Kier molecular flexibility index (Phi) is 8.38. The Balaban J connectivity index is 1.33. The molecule has 2 aliphatic rings. The van der Waals surface area contributed by atoms with Gasteiger partial charge in [0, 0.05) is 25.9 Å². The molecule has 154 valence electrons. The first-order valence-electron chi connectivity index (χ1n) is 11.3. The Morgan fingerprint density at radius 3 is 1.61 bits per heavy atom. The van der Waals surface area contributed by atoms with E-state index in [0.717, 1.165) is 35.8 Å². The van der Waals surface area contributed by atoms with E-state index in [1.807, 2.05) is 18.2 Å². The molecular weight excluding hydrogens is 348 g/mol. The Hall–Kier alpha value is -1.84. The highest BCUT2D eigenvalue weighted by atomic mass is 16.2. The first kappa shape index (κ1) is 20.9. The molecule has 0 bridgehead atoms. The molecular formula is C24H36N2O2. The fourth-order valence-corrected chi connectivity index (χ4v) is 4.70. The van der Waals surface area contributed by atoms with Crippen molar-refractivity contribution in [1.82, 2.24) is 10.6 Å². The van der Waals surface area contributed by atoms with Gasteiger partial charge in [0.25, 0.3) is 0 Å². The third-order valence-corrected chi connectivity index (χ3v) is 6.48. The summed E-state index contributed by atoms with van der Waals surface area (Å²) in [4.78, 5) is 24.2. The molecule has 3 rings (SSSR count). The van der Waals surface area contributed by atoms with Crippen molar-refractivity contribution in [3.05, 3.63) is 35.4 Å². The molecule has 28 heavy (non-hydrogen) atoms. The van der Waals surface area contributed by atoms with E-state index < -0.39 is 0 Å². The van der Waals surface area contributed by atoms with Crippen LogP contribution in [0.15, 0.2) is 24.3 Å². The van der Waals surface area contributed by atoms with Gasteiger partial charge in [-0.15, -0.1) is 0 Å². The molecule has 0 saturated heterocycles. The monoisotopic (exact) mass is 384 g/mol. The van der Waals surface area contributed by atoms with E-state index in [-0.39, 0.29) is 11.8 Å². The molecule has 2 N–H and O–H groups in total. The van der Waals surface area contributed by atoms with E-state index in [0.29, 0.717) is 25.9 Å². The Bertz CT molecular complexity index is 580. The number of rotatable bonds is 10. The molecule has 2 fully saturated rings. The minimum Gasteiger partial charge on any atom is -0.352 e. The second-order valence-corrected chi connectivity index (χ2v) is 8.75. The molecule has 4 heteroatoms. The van der Waals surface area contributed by atoms with Crippen LogP contribution in [0.5, 0.6) is 0 Å². The van der Waals surface area contributed by atoms with E-state index in [9.17, 15) is 9.59 Å². The van der Waals surface area contributed by atoms with Crippen LogP contribution in [0.25, 0.3) is 0 Å². The molecule has 0 heterocycles. The van der Waals surface area contributed by atoms with Gasteiger partial charge in [-0.2, -0.15) is 0 Å². The third kappa shape index (κ3) is 7.29. The van der Waals surface area contributed by atoms with Crippen molar-refractivity contribution in [1.29, 1.82) is 0 Å². The minimum absolute atomic E-state index is 0.150. The van der Waals surface area contributed by atoms with E-state index in [4.69, 9.17) is 0 Å². The van der Waals surface area contributed by atoms with Crippen molar-refractivity contribution < 1.29 is 9.59 Å². The summed E-state index contributed by atoms with van der Waals surface area (Å²) in [7, 11) is 0. The van der Waals surface area contributed by atoms with Crippen LogP contribution >= 0.6 is 0 Å². The Morgan fingerprint density at radius 2 is 1.18 bits per heavy atom. The summed E-state index contributed by atoms with van der Waals surface area (Å²) in [6.07, 6.45) is 13.8. The van der Waals surface area contributed by atoms with Crippen LogP contribution in [0.2, 0.25) is 0 Å². The summed E-state index contributed by atoms with van der Waals surface area (Å²) >= 11 is 0. The van der Waals surface area contributed by atoms with Crippen LogP contribution in [0.3, 0.4) is 0 Å². The zero-order chi connectivity index (χ0) is 19.6. The largest absolute Gasteiger partial charge is 0.352 e. The fraction of sp³-hybridized carbons (Fsp3) is 0.667. The van der Waals surface area contributed by atoms with Gasteiger partial charge in [-0.1, -0.05) is 75.6 Å². The van der Waals surface area contributed by atoms with Crippen molar-refractivity contribution in [3.8, 4) is 0 Å². The first-order chi connectivity index (χ1) is 13.7. The molecule has 0 aliphatic heterocycles. The standard InChI is InChI=1S/C24H36N2O2/c27-23(14-12-19-6-1-2-7-19)25-17-21-10-5-11-22(16-21)18-26-24(28)15-13-20-8-3-4-9-20/h5,10-11,16,19-20H,1-4,6-9,12-15,17-18H2,(H,25,27)(H,26,28). The van der Waals surface area contributed by atoms with E-state index in [1.165, 1.54) is 51.4 Å². The lowest BCUT2D eigenvalue weighted by Gasteiger charge is -2.11. The van der Waals surface area contributed by atoms with Gasteiger partial charge in [0.15, 0.2) is 0 Å². The van der Waals surface area contributed by atoms with Gasteiger partial charge in [0.2, 0.25) is 11.8 Å². The normalized spacial score (nSPS) is 17.7. The van der Waals surface area contributed by atoms with E-state index >= 15 is 0 Å². The highest BCUT2D eigenvalue weighted by Crippen LogP contribution is 2.29. The van der Waals surface area contributed by atoms with Crippen LogP contribution < -0.4 is 10.6 Å². The molecule has 4 nitrogen and oxygen atoms in total. The molecule has 0 spiro atoms. The maximum atomic E-state index is 12.1. The summed E-state index contributed by atoms with van der Waals surface area (Å²) < 4.78 is 0. The number of hydrogen-bond acceptors (Lipinski definition) is 2. The molecule has 1 aromatic rings. The number of hydrogen-bond donors (Lipinski definition) is 2. The zero-order valence-corrected chi connectivity index (χ0v) is 17.2. The van der Waals surface area contributed by atoms with Gasteiger partial charge in [0.1, 0.15) is 0 Å². The van der Waals surface area contributed by atoms with Gasteiger partial charge < -0.3 is 10.6 Å². The molecule has 2 aliphatic carbocycles. The second-order valence-electron chi connectivity index (χ2n) is 8.75. The first-order valence-corrected chi connectivity index (χ1v) is 11.3. The maximum Gasteiger partial charge on any atom is 0.220 e. The maximum absolute atomic E-state index is 12.1. The lowest BCUT2D eigenvalue weighted by molar-refractivity contribution is -0.122. The van der Waals surface area contributed by atoms with Gasteiger partial charge >= 0.3 is 0 Å². The van der Waals surface area contributed by atoms with Crippen molar-refractivity contribution >= 4 is 11.8 Å². The number of nitrogens with one attached hydrogen (secondary N) is 2. The van der Waals surface area contributed by atoms with Gasteiger partial charge in [-0.25, -0.2) is 0 Å². The van der Waals surface area contributed by atoms with Gasteiger partial charge in [-0.05, 0) is 35.8 Å². The van der Waals surface area contributed by atoms with E-state index in [1.54, 1.807) is 0 Å². The topological polar surface area (TPSA) is 58.2 Å². The molecule has 2 amide bonds. The summed E-state index contributed by atoms with van der Waals surface area (Å²) in [5, 5.41) is 6.08. The van der Waals surface area contributed by atoms with Crippen LogP contribution in [0, 0.1) is 11.8 Å². The molecule has 0 radical (unpaired) electrons. The lowest BCUT2D eigenvalue weighted by atomic mass is 10.0. The fourth-order valence-electron chi connectivity index (χ4n) is 4.70. The summed E-state index contributed by atoms with van der Waals surface area (Å²) in [6, 6.07) is 8.14. The summed E-state index contributed by atoms with van der Waals surface area (Å²) in [5.41, 5.74) is 2.18. The number of carbonyl (C=O) groups excluding carboxylic acids is 2. The minimum atomic E-state index is 0.150. The van der Waals surface area contributed by atoms with Gasteiger partial charge in [-0.3, -0.25) is 9.59 Å². The Labute approximate surface area is 169 Å². The zero-order valence-electron chi connectivity index (χ0n) is 17.2. The molecule has 1 aromatic carbocycles. The molecule has 0 unspecified atom stereocenters. The summed E-state index contributed by atoms with van der Waals surface area (Å²) in [5.74, 6) is 1.81. The predicted octanol–water partition coefficient (Wildman–Crippen LogP) is 4.86. The third-order valence-electron chi connectivity index (χ3n) is 6.48. The number of amides is 2. The number of carbonyl (C=O) groups is 2. The summed E-state index contributed by atoms with van der Waals surface area (Å²) in [6.45, 7) is 1.12. The molecule has 2 saturated carbocycles. The van der Waals surface area contributed by atoms with Crippen molar-refractivity contribution in [3.63, 3.8) is 0 Å². The Morgan fingerprint density at radius 1 is 0.750 bits per heavy atom. The quantitative estimate of drug-likeness (QED) is 0.605. The second kappa shape index (κ2) is 11.2. The average molecular weight is 385 g/mol. The number of benzene rings is 1.